The van der Waals surface area contributed by atoms with Crippen molar-refractivity contribution in [1.29, 1.82) is 0 Å². The van der Waals surface area contributed by atoms with E-state index in [2.05, 4.69) is 31.3 Å². The van der Waals surface area contributed by atoms with Gasteiger partial charge in [0.15, 0.2) is 0 Å². The summed E-state index contributed by atoms with van der Waals surface area (Å²) in [5.74, 6) is 0.235. The van der Waals surface area contributed by atoms with Gasteiger partial charge in [-0.25, -0.2) is 0 Å². The third-order valence-electron chi connectivity index (χ3n) is 3.22. The molecule has 1 saturated heterocycles. The molecule has 2 heterocycles. The highest BCUT2D eigenvalue weighted by Gasteiger charge is 2.29. The van der Waals surface area contributed by atoms with Crippen LogP contribution in [0.4, 0.5) is 0 Å². The van der Waals surface area contributed by atoms with Crippen molar-refractivity contribution in [2.24, 2.45) is 0 Å². The average Bonchev–Trinajstić information content (AvgIpc) is 2.79. The first-order chi connectivity index (χ1) is 8.06. The maximum absolute atomic E-state index is 11.8. The summed E-state index contributed by atoms with van der Waals surface area (Å²) in [6.45, 7) is 5.16. The van der Waals surface area contributed by atoms with Crippen molar-refractivity contribution in [1.82, 2.24) is 10.2 Å². The lowest BCUT2D eigenvalue weighted by Gasteiger charge is -2.17. The number of thiophene rings is 1. The minimum atomic E-state index is 0.0241. The second-order valence-corrected chi connectivity index (χ2v) is 6.26. The van der Waals surface area contributed by atoms with Crippen molar-refractivity contribution in [3.05, 3.63) is 21.9 Å². The molecule has 0 bridgehead atoms. The van der Waals surface area contributed by atoms with Crippen LogP contribution in [0, 0.1) is 6.92 Å². The molecule has 94 valence electrons. The van der Waals surface area contributed by atoms with Gasteiger partial charge in [-0.2, -0.15) is 0 Å². The van der Waals surface area contributed by atoms with Gasteiger partial charge in [-0.3, -0.25) is 4.79 Å². The summed E-state index contributed by atoms with van der Waals surface area (Å²) in [5.41, 5.74) is 0. The molecule has 1 amide bonds. The fourth-order valence-electron chi connectivity index (χ4n) is 2.28. The van der Waals surface area contributed by atoms with Crippen LogP contribution in [0.15, 0.2) is 12.1 Å². The van der Waals surface area contributed by atoms with Gasteiger partial charge in [0.1, 0.15) is 0 Å². The van der Waals surface area contributed by atoms with Crippen LogP contribution in [0.25, 0.3) is 0 Å². The van der Waals surface area contributed by atoms with E-state index in [1.807, 2.05) is 18.4 Å². The highest BCUT2D eigenvalue weighted by atomic mass is 32.1. The van der Waals surface area contributed by atoms with E-state index in [-0.39, 0.29) is 11.9 Å². The Morgan fingerprint density at radius 1 is 1.59 bits per heavy atom. The molecule has 0 radical (unpaired) electrons. The Morgan fingerprint density at radius 3 is 2.88 bits per heavy atom. The third kappa shape index (κ3) is 3.07. The normalized spacial score (nSPS) is 22.2. The largest absolute Gasteiger partial charge is 0.344 e. The Morgan fingerprint density at radius 2 is 2.35 bits per heavy atom. The van der Waals surface area contributed by atoms with E-state index in [4.69, 9.17) is 0 Å². The maximum Gasteiger partial charge on any atom is 0.239 e. The second kappa shape index (κ2) is 5.19. The predicted octanol–water partition coefficient (Wildman–Crippen LogP) is 1.81. The quantitative estimate of drug-likeness (QED) is 0.886. The van der Waals surface area contributed by atoms with E-state index < -0.39 is 0 Å². The highest BCUT2D eigenvalue weighted by Crippen LogP contribution is 2.17. The van der Waals surface area contributed by atoms with Crippen LogP contribution in [0.5, 0.6) is 0 Å². The minimum Gasteiger partial charge on any atom is -0.344 e. The number of carbonyl (C=O) groups excluding carboxylic acids is 1. The highest BCUT2D eigenvalue weighted by molar-refractivity contribution is 7.11. The summed E-state index contributed by atoms with van der Waals surface area (Å²) in [5, 5.41) is 3.43. The molecule has 2 unspecified atom stereocenters. The Kier molecular flexibility index (Phi) is 3.84. The fourth-order valence-corrected chi connectivity index (χ4v) is 3.30. The fraction of sp³-hybridized carbons (Fsp3) is 0.615. The molecular formula is C13H20N2OS. The standard InChI is InChI=1S/C13H20N2OS/c1-9(8-11-5-4-10(2)17-11)14-12-6-7-15(3)13(12)16/h4-5,9,12,14H,6-8H2,1-3H3. The van der Waals surface area contributed by atoms with Crippen LogP contribution in [-0.4, -0.2) is 36.5 Å². The zero-order valence-corrected chi connectivity index (χ0v) is 11.5. The number of nitrogens with zero attached hydrogens (tertiary/aromatic N) is 1. The molecule has 2 rings (SSSR count). The Balaban J connectivity index is 1.85. The van der Waals surface area contributed by atoms with Gasteiger partial charge in [-0.15, -0.1) is 11.3 Å². The van der Waals surface area contributed by atoms with E-state index in [1.165, 1.54) is 9.75 Å². The van der Waals surface area contributed by atoms with Crippen molar-refractivity contribution in [2.45, 2.75) is 38.8 Å². The molecule has 0 spiro atoms. The molecule has 2 atom stereocenters. The molecule has 1 aromatic rings. The van der Waals surface area contributed by atoms with Crippen LogP contribution in [0.3, 0.4) is 0 Å². The predicted molar refractivity (Wildman–Crippen MR) is 71.4 cm³/mol. The van der Waals surface area contributed by atoms with Crippen molar-refractivity contribution in [3.8, 4) is 0 Å². The van der Waals surface area contributed by atoms with Gasteiger partial charge in [0.2, 0.25) is 5.91 Å². The number of carbonyl (C=O) groups is 1. The van der Waals surface area contributed by atoms with Gasteiger partial charge in [-0.05, 0) is 38.8 Å². The lowest BCUT2D eigenvalue weighted by Crippen LogP contribution is -2.42. The van der Waals surface area contributed by atoms with E-state index in [1.54, 1.807) is 4.90 Å². The van der Waals surface area contributed by atoms with Crippen LogP contribution < -0.4 is 5.32 Å². The number of amides is 1. The summed E-state index contributed by atoms with van der Waals surface area (Å²) in [6, 6.07) is 4.71. The number of hydrogen-bond acceptors (Lipinski definition) is 3. The zero-order valence-electron chi connectivity index (χ0n) is 10.7. The van der Waals surface area contributed by atoms with E-state index in [9.17, 15) is 4.79 Å². The van der Waals surface area contributed by atoms with Crippen LogP contribution >= 0.6 is 11.3 Å². The van der Waals surface area contributed by atoms with Gasteiger partial charge < -0.3 is 10.2 Å². The first kappa shape index (κ1) is 12.6. The summed E-state index contributed by atoms with van der Waals surface area (Å²) in [6.07, 6.45) is 1.94. The van der Waals surface area contributed by atoms with Gasteiger partial charge in [0, 0.05) is 29.4 Å². The van der Waals surface area contributed by atoms with Gasteiger partial charge in [-0.1, -0.05) is 0 Å². The minimum absolute atomic E-state index is 0.0241. The number of aryl methyl sites for hydroxylation is 1. The number of rotatable bonds is 4. The molecule has 0 aliphatic carbocycles. The molecule has 0 saturated carbocycles. The SMILES string of the molecule is Cc1ccc(CC(C)NC2CCN(C)C2=O)s1. The number of likely N-dealkylation sites (N-methyl/N-ethyl adjacent to an activating group) is 1. The van der Waals surface area contributed by atoms with Crippen molar-refractivity contribution in [2.75, 3.05) is 13.6 Å². The number of hydrogen-bond donors (Lipinski definition) is 1. The number of likely N-dealkylation sites (tertiary alicyclic amines) is 1. The third-order valence-corrected chi connectivity index (χ3v) is 4.24. The van der Waals surface area contributed by atoms with E-state index in [0.717, 1.165) is 19.4 Å². The summed E-state index contributed by atoms with van der Waals surface area (Å²) >= 11 is 1.84. The molecule has 1 aliphatic heterocycles. The lowest BCUT2D eigenvalue weighted by molar-refractivity contribution is -0.128. The summed E-state index contributed by atoms with van der Waals surface area (Å²) < 4.78 is 0. The Labute approximate surface area is 107 Å². The molecule has 1 aromatic heterocycles. The van der Waals surface area contributed by atoms with Gasteiger partial charge >= 0.3 is 0 Å². The maximum atomic E-state index is 11.8. The molecule has 1 aliphatic rings. The molecule has 17 heavy (non-hydrogen) atoms. The summed E-state index contributed by atoms with van der Waals surface area (Å²) in [7, 11) is 1.87. The van der Waals surface area contributed by atoms with E-state index in [0.29, 0.717) is 6.04 Å². The molecule has 0 aromatic carbocycles. The van der Waals surface area contributed by atoms with Crippen molar-refractivity contribution < 1.29 is 4.79 Å². The average molecular weight is 252 g/mol. The van der Waals surface area contributed by atoms with Gasteiger partial charge in [0.25, 0.3) is 0 Å². The molecular weight excluding hydrogens is 232 g/mol. The monoisotopic (exact) mass is 252 g/mol. The van der Waals surface area contributed by atoms with Crippen LogP contribution in [-0.2, 0) is 11.2 Å². The topological polar surface area (TPSA) is 32.3 Å². The first-order valence-corrected chi connectivity index (χ1v) is 6.94. The molecule has 3 nitrogen and oxygen atoms in total. The first-order valence-electron chi connectivity index (χ1n) is 6.12. The van der Waals surface area contributed by atoms with Crippen LogP contribution in [0.2, 0.25) is 0 Å². The van der Waals surface area contributed by atoms with Crippen LogP contribution in [0.1, 0.15) is 23.1 Å². The Bertz CT molecular complexity index is 402. The molecule has 4 heteroatoms. The number of nitrogens with one attached hydrogen (secondary N) is 1. The Hall–Kier alpha value is -0.870. The smallest absolute Gasteiger partial charge is 0.239 e. The lowest BCUT2D eigenvalue weighted by atomic mass is 10.1. The van der Waals surface area contributed by atoms with E-state index >= 15 is 0 Å². The molecule has 1 fully saturated rings. The second-order valence-electron chi connectivity index (χ2n) is 4.89. The van der Waals surface area contributed by atoms with Gasteiger partial charge in [0.05, 0.1) is 6.04 Å². The van der Waals surface area contributed by atoms with Crippen molar-refractivity contribution >= 4 is 17.2 Å². The summed E-state index contributed by atoms with van der Waals surface area (Å²) in [4.78, 5) is 16.3. The molecule has 1 N–H and O–H groups in total. The zero-order chi connectivity index (χ0) is 12.4. The van der Waals surface area contributed by atoms with Crippen molar-refractivity contribution in [3.63, 3.8) is 0 Å².